The molecule has 1 aliphatic heterocycles. The number of benzene rings is 1. The molecule has 25 heavy (non-hydrogen) atoms. The smallest absolute Gasteiger partial charge is 0.410 e. The molecule has 5 nitrogen and oxygen atoms in total. The third kappa shape index (κ3) is 5.73. The number of nitrogens with zero attached hydrogens (tertiary/aromatic N) is 2. The quantitative estimate of drug-likeness (QED) is 0.838. The SMILES string of the molecule is CN(C[C@@H]1CCCN(C(=O)c2ccc(F)cc2)C1)C(=O)OC(C)(C)C. The number of rotatable bonds is 3. The standard InChI is InChI=1S/C19H27FN2O3/c1-19(2,3)25-18(24)21(4)12-14-6-5-11-22(13-14)17(23)15-7-9-16(20)10-8-15/h7-10,14H,5-6,11-13H2,1-4H3/t14-/m0/s1. The lowest BCUT2D eigenvalue weighted by Crippen LogP contribution is -2.45. The van der Waals surface area contributed by atoms with Crippen LogP contribution in [0.5, 0.6) is 0 Å². The average Bonchev–Trinajstić information content (AvgIpc) is 2.53. The first-order valence-corrected chi connectivity index (χ1v) is 8.64. The van der Waals surface area contributed by atoms with Crippen molar-refractivity contribution in [1.82, 2.24) is 9.80 Å². The molecule has 0 unspecified atom stereocenters. The number of halogens is 1. The third-order valence-electron chi connectivity index (χ3n) is 4.13. The molecule has 1 aromatic carbocycles. The first-order chi connectivity index (χ1) is 11.7. The Morgan fingerprint density at radius 2 is 1.92 bits per heavy atom. The Kier molecular flexibility index (Phi) is 6.03. The minimum atomic E-state index is -0.525. The van der Waals surface area contributed by atoms with Crippen LogP contribution in [-0.2, 0) is 4.74 Å². The number of carbonyl (C=O) groups excluding carboxylic acids is 2. The van der Waals surface area contributed by atoms with E-state index in [1.807, 2.05) is 20.8 Å². The molecule has 2 rings (SSSR count). The van der Waals surface area contributed by atoms with Crippen molar-refractivity contribution in [1.29, 1.82) is 0 Å². The van der Waals surface area contributed by atoms with Crippen molar-refractivity contribution in [3.63, 3.8) is 0 Å². The van der Waals surface area contributed by atoms with E-state index in [-0.39, 0.29) is 23.7 Å². The molecule has 0 spiro atoms. The summed E-state index contributed by atoms with van der Waals surface area (Å²) in [5.41, 5.74) is -0.0368. The zero-order valence-electron chi connectivity index (χ0n) is 15.4. The van der Waals surface area contributed by atoms with Gasteiger partial charge in [-0.2, -0.15) is 0 Å². The summed E-state index contributed by atoms with van der Waals surface area (Å²) in [6.45, 7) is 7.32. The summed E-state index contributed by atoms with van der Waals surface area (Å²) in [4.78, 5) is 28.0. The molecule has 1 fully saturated rings. The van der Waals surface area contributed by atoms with Gasteiger partial charge in [0.05, 0.1) is 0 Å². The molecule has 1 atom stereocenters. The normalized spacial score (nSPS) is 18.0. The van der Waals surface area contributed by atoms with Gasteiger partial charge >= 0.3 is 6.09 Å². The summed E-state index contributed by atoms with van der Waals surface area (Å²) in [5.74, 6) is -0.243. The Morgan fingerprint density at radius 3 is 2.52 bits per heavy atom. The molecule has 0 N–H and O–H groups in total. The van der Waals surface area contributed by atoms with Crippen molar-refractivity contribution in [3.05, 3.63) is 35.6 Å². The van der Waals surface area contributed by atoms with Gasteiger partial charge in [-0.15, -0.1) is 0 Å². The predicted molar refractivity (Wildman–Crippen MR) is 93.9 cm³/mol. The Hall–Kier alpha value is -2.11. The predicted octanol–water partition coefficient (Wildman–Crippen LogP) is 3.54. The minimum absolute atomic E-state index is 0.0929. The van der Waals surface area contributed by atoms with Crippen molar-refractivity contribution >= 4 is 12.0 Å². The second-order valence-corrected chi connectivity index (χ2v) is 7.63. The highest BCUT2D eigenvalue weighted by Gasteiger charge is 2.27. The van der Waals surface area contributed by atoms with Crippen LogP contribution in [0.2, 0.25) is 0 Å². The van der Waals surface area contributed by atoms with E-state index in [2.05, 4.69) is 0 Å². The van der Waals surface area contributed by atoms with Crippen molar-refractivity contribution in [2.75, 3.05) is 26.7 Å². The summed E-state index contributed by atoms with van der Waals surface area (Å²) in [6.07, 6.45) is 1.49. The maximum atomic E-state index is 13.0. The van der Waals surface area contributed by atoms with Crippen LogP contribution in [0.1, 0.15) is 44.0 Å². The van der Waals surface area contributed by atoms with Crippen LogP contribution in [0.25, 0.3) is 0 Å². The summed E-state index contributed by atoms with van der Waals surface area (Å²) in [7, 11) is 1.72. The van der Waals surface area contributed by atoms with Crippen LogP contribution in [-0.4, -0.2) is 54.1 Å². The van der Waals surface area contributed by atoms with Crippen molar-refractivity contribution in [3.8, 4) is 0 Å². The highest BCUT2D eigenvalue weighted by molar-refractivity contribution is 5.94. The van der Waals surface area contributed by atoms with Crippen molar-refractivity contribution in [2.45, 2.75) is 39.2 Å². The molecular formula is C19H27FN2O3. The van der Waals surface area contributed by atoms with Gasteiger partial charge < -0.3 is 14.5 Å². The van der Waals surface area contributed by atoms with Crippen LogP contribution in [0.15, 0.2) is 24.3 Å². The van der Waals surface area contributed by atoms with Gasteiger partial charge in [-0.05, 0) is 63.8 Å². The number of carbonyl (C=O) groups is 2. The first-order valence-electron chi connectivity index (χ1n) is 8.64. The van der Waals surface area contributed by atoms with Gasteiger partial charge in [0.2, 0.25) is 0 Å². The lowest BCUT2D eigenvalue weighted by atomic mass is 9.97. The zero-order valence-corrected chi connectivity index (χ0v) is 15.4. The average molecular weight is 350 g/mol. The fourth-order valence-electron chi connectivity index (χ4n) is 2.98. The Morgan fingerprint density at radius 1 is 1.28 bits per heavy atom. The Balaban J connectivity index is 1.93. The lowest BCUT2D eigenvalue weighted by molar-refractivity contribution is 0.0244. The monoisotopic (exact) mass is 350 g/mol. The highest BCUT2D eigenvalue weighted by Crippen LogP contribution is 2.20. The van der Waals surface area contributed by atoms with Crippen LogP contribution in [0.3, 0.4) is 0 Å². The molecule has 0 saturated carbocycles. The van der Waals surface area contributed by atoms with Crippen LogP contribution in [0, 0.1) is 11.7 Å². The molecule has 0 radical (unpaired) electrons. The fraction of sp³-hybridized carbons (Fsp3) is 0.579. The summed E-state index contributed by atoms with van der Waals surface area (Å²) >= 11 is 0. The molecule has 0 aromatic heterocycles. The van der Waals surface area contributed by atoms with E-state index >= 15 is 0 Å². The second-order valence-electron chi connectivity index (χ2n) is 7.63. The second kappa shape index (κ2) is 7.85. The summed E-state index contributed by atoms with van der Waals surface area (Å²) < 4.78 is 18.4. The van der Waals surface area contributed by atoms with Gasteiger partial charge in [0, 0.05) is 32.2 Å². The van der Waals surface area contributed by atoms with Gasteiger partial charge in [-0.25, -0.2) is 9.18 Å². The largest absolute Gasteiger partial charge is 0.444 e. The van der Waals surface area contributed by atoms with E-state index in [9.17, 15) is 14.0 Å². The molecule has 1 aromatic rings. The van der Waals surface area contributed by atoms with Gasteiger partial charge in [0.1, 0.15) is 11.4 Å². The molecular weight excluding hydrogens is 323 g/mol. The summed E-state index contributed by atoms with van der Waals surface area (Å²) in [6, 6.07) is 5.61. The lowest BCUT2D eigenvalue weighted by Gasteiger charge is -2.35. The van der Waals surface area contributed by atoms with Crippen molar-refractivity contribution < 1.29 is 18.7 Å². The van der Waals surface area contributed by atoms with Crippen LogP contribution in [0.4, 0.5) is 9.18 Å². The molecule has 2 amide bonds. The van der Waals surface area contributed by atoms with E-state index in [1.54, 1.807) is 16.8 Å². The molecule has 1 aliphatic rings. The number of likely N-dealkylation sites (tertiary alicyclic amines) is 1. The van der Waals surface area contributed by atoms with Crippen molar-refractivity contribution in [2.24, 2.45) is 5.92 Å². The zero-order chi connectivity index (χ0) is 18.6. The third-order valence-corrected chi connectivity index (χ3v) is 4.13. The Labute approximate surface area is 148 Å². The fourth-order valence-corrected chi connectivity index (χ4v) is 2.98. The molecule has 138 valence electrons. The minimum Gasteiger partial charge on any atom is -0.444 e. The molecule has 0 aliphatic carbocycles. The van der Waals surface area contributed by atoms with Gasteiger partial charge in [0.15, 0.2) is 0 Å². The van der Waals surface area contributed by atoms with E-state index in [0.29, 0.717) is 25.2 Å². The van der Waals surface area contributed by atoms with E-state index in [0.717, 1.165) is 12.8 Å². The van der Waals surface area contributed by atoms with Crippen LogP contribution >= 0.6 is 0 Å². The molecule has 1 saturated heterocycles. The maximum absolute atomic E-state index is 13.0. The number of hydrogen-bond acceptors (Lipinski definition) is 3. The van der Waals surface area contributed by atoms with E-state index < -0.39 is 5.60 Å². The number of piperidine rings is 1. The van der Waals surface area contributed by atoms with Gasteiger partial charge in [-0.1, -0.05) is 0 Å². The van der Waals surface area contributed by atoms with Gasteiger partial charge in [-0.3, -0.25) is 4.79 Å². The van der Waals surface area contributed by atoms with E-state index in [1.165, 1.54) is 24.3 Å². The highest BCUT2D eigenvalue weighted by atomic mass is 19.1. The molecule has 1 heterocycles. The number of amides is 2. The Bertz CT molecular complexity index is 610. The van der Waals surface area contributed by atoms with E-state index in [4.69, 9.17) is 4.74 Å². The number of ether oxygens (including phenoxy) is 1. The summed E-state index contributed by atoms with van der Waals surface area (Å²) in [5, 5.41) is 0. The first kappa shape index (κ1) is 19.2. The molecule has 0 bridgehead atoms. The van der Waals surface area contributed by atoms with Gasteiger partial charge in [0.25, 0.3) is 5.91 Å². The molecule has 6 heteroatoms. The van der Waals surface area contributed by atoms with Crippen LogP contribution < -0.4 is 0 Å². The maximum Gasteiger partial charge on any atom is 0.410 e. The number of hydrogen-bond donors (Lipinski definition) is 0. The topological polar surface area (TPSA) is 49.9 Å².